The zero-order valence-corrected chi connectivity index (χ0v) is 18.6. The van der Waals surface area contributed by atoms with Crippen molar-refractivity contribution in [1.29, 1.82) is 0 Å². The van der Waals surface area contributed by atoms with Crippen LogP contribution in [0.4, 0.5) is 0 Å². The Kier molecular flexibility index (Phi) is 7.79. The van der Waals surface area contributed by atoms with E-state index in [1.54, 1.807) is 14.2 Å². The highest BCUT2D eigenvalue weighted by Crippen LogP contribution is 2.35. The van der Waals surface area contributed by atoms with Crippen LogP contribution < -0.4 is 25.4 Å². The number of amides is 1. The average Bonchev–Trinajstić information content (AvgIpc) is 3.11. The highest BCUT2D eigenvalue weighted by atomic mass is 16.5. The third-order valence-corrected chi connectivity index (χ3v) is 5.63. The number of hydrogen-bond donors (Lipinski definition) is 3. The Labute approximate surface area is 179 Å². The number of likely N-dealkylation sites (N-methyl/N-ethyl adjacent to an activating group) is 1. The average molecular weight is 418 g/mol. The second kappa shape index (κ2) is 10.5. The first-order chi connectivity index (χ1) is 14.5. The number of methoxy groups -OCH3 is 1. The van der Waals surface area contributed by atoms with E-state index in [4.69, 9.17) is 14.5 Å². The Bertz CT molecular complexity index is 759. The molecule has 30 heavy (non-hydrogen) atoms. The fraction of sp³-hybridized carbons (Fsp3) is 0.636. The molecule has 0 saturated carbocycles. The number of carbonyl (C=O) groups is 1. The normalized spacial score (nSPS) is 19.7. The van der Waals surface area contributed by atoms with Gasteiger partial charge in [0.15, 0.2) is 5.96 Å². The van der Waals surface area contributed by atoms with Crippen molar-refractivity contribution in [2.24, 2.45) is 4.99 Å². The van der Waals surface area contributed by atoms with Crippen LogP contribution in [0.15, 0.2) is 17.1 Å². The summed E-state index contributed by atoms with van der Waals surface area (Å²) in [5.41, 5.74) is 2.21. The molecule has 166 valence electrons. The topological polar surface area (TPSA) is 87.2 Å². The molecule has 0 aromatic heterocycles. The minimum atomic E-state index is 0.0676. The van der Waals surface area contributed by atoms with Crippen LogP contribution >= 0.6 is 0 Å². The summed E-state index contributed by atoms with van der Waals surface area (Å²) in [5, 5.41) is 9.58. The fourth-order valence-electron chi connectivity index (χ4n) is 3.99. The molecule has 0 bridgehead atoms. The molecule has 2 aliphatic rings. The number of rotatable bonds is 7. The van der Waals surface area contributed by atoms with E-state index in [-0.39, 0.29) is 12.0 Å². The Hall–Kier alpha value is -2.48. The Morgan fingerprint density at radius 2 is 2.10 bits per heavy atom. The molecule has 1 aromatic carbocycles. The molecule has 0 aliphatic carbocycles. The number of nitrogens with zero attached hydrogens (tertiary/aromatic N) is 2. The lowest BCUT2D eigenvalue weighted by atomic mass is 10.1. The first-order valence-corrected chi connectivity index (χ1v) is 10.9. The molecule has 8 nitrogen and oxygen atoms in total. The minimum absolute atomic E-state index is 0.0676. The lowest BCUT2D eigenvalue weighted by Crippen LogP contribution is -2.50. The summed E-state index contributed by atoms with van der Waals surface area (Å²) in [7, 11) is 3.38. The molecular formula is C22H35N5O3. The van der Waals surface area contributed by atoms with Gasteiger partial charge in [0.1, 0.15) is 17.6 Å². The van der Waals surface area contributed by atoms with Crippen LogP contribution in [0, 0.1) is 0 Å². The third-order valence-electron chi connectivity index (χ3n) is 5.63. The molecule has 2 aliphatic heterocycles. The molecule has 1 aromatic rings. The summed E-state index contributed by atoms with van der Waals surface area (Å²) in [6, 6.07) is 4.48. The van der Waals surface area contributed by atoms with Crippen LogP contribution in [0.5, 0.6) is 11.5 Å². The first-order valence-electron chi connectivity index (χ1n) is 10.9. The van der Waals surface area contributed by atoms with Crippen molar-refractivity contribution in [2.45, 2.75) is 51.8 Å². The van der Waals surface area contributed by atoms with E-state index in [9.17, 15) is 4.79 Å². The smallest absolute Gasteiger partial charge is 0.233 e. The second-order valence-corrected chi connectivity index (χ2v) is 7.97. The number of fused-ring (bicyclic) bond motifs is 1. The van der Waals surface area contributed by atoms with Crippen LogP contribution in [0.25, 0.3) is 0 Å². The van der Waals surface area contributed by atoms with Gasteiger partial charge in [-0.25, -0.2) is 4.99 Å². The zero-order chi connectivity index (χ0) is 21.5. The molecule has 3 rings (SSSR count). The Morgan fingerprint density at radius 1 is 1.33 bits per heavy atom. The van der Waals surface area contributed by atoms with Crippen molar-refractivity contribution in [3.8, 4) is 11.5 Å². The van der Waals surface area contributed by atoms with Gasteiger partial charge in [0.2, 0.25) is 5.91 Å². The highest BCUT2D eigenvalue weighted by Gasteiger charge is 2.23. The van der Waals surface area contributed by atoms with Crippen LogP contribution in [0.2, 0.25) is 0 Å². The zero-order valence-electron chi connectivity index (χ0n) is 18.6. The largest absolute Gasteiger partial charge is 0.496 e. The maximum atomic E-state index is 11.6. The van der Waals surface area contributed by atoms with Gasteiger partial charge in [-0.3, -0.25) is 9.69 Å². The van der Waals surface area contributed by atoms with E-state index < -0.39 is 0 Å². The van der Waals surface area contributed by atoms with Crippen LogP contribution in [0.1, 0.15) is 37.8 Å². The van der Waals surface area contributed by atoms with Crippen molar-refractivity contribution in [1.82, 2.24) is 20.9 Å². The van der Waals surface area contributed by atoms with Gasteiger partial charge in [-0.05, 0) is 38.8 Å². The minimum Gasteiger partial charge on any atom is -0.496 e. The molecule has 2 heterocycles. The number of nitrogens with one attached hydrogen (secondary N) is 3. The summed E-state index contributed by atoms with van der Waals surface area (Å²) < 4.78 is 11.5. The monoisotopic (exact) mass is 417 g/mol. The van der Waals surface area contributed by atoms with Crippen molar-refractivity contribution in [3.63, 3.8) is 0 Å². The maximum Gasteiger partial charge on any atom is 0.233 e. The molecule has 1 fully saturated rings. The number of carbonyl (C=O) groups excluding carboxylic acids is 1. The van der Waals surface area contributed by atoms with E-state index in [2.05, 4.69) is 46.8 Å². The van der Waals surface area contributed by atoms with Gasteiger partial charge in [-0.1, -0.05) is 0 Å². The van der Waals surface area contributed by atoms with Gasteiger partial charge in [-0.2, -0.15) is 0 Å². The highest BCUT2D eigenvalue weighted by molar-refractivity contribution is 5.80. The lowest BCUT2D eigenvalue weighted by Gasteiger charge is -2.32. The third kappa shape index (κ3) is 5.78. The van der Waals surface area contributed by atoms with Crippen molar-refractivity contribution in [2.75, 3.05) is 40.3 Å². The SMILES string of the molecule is CCNC(=NCc1cc2c(cc1OC)CC(C)O2)NC1CCN(CC(=O)NC)CC1. The Morgan fingerprint density at radius 3 is 2.77 bits per heavy atom. The van der Waals surface area contributed by atoms with Gasteiger partial charge in [0.05, 0.1) is 20.2 Å². The molecule has 8 heteroatoms. The van der Waals surface area contributed by atoms with Gasteiger partial charge in [0, 0.05) is 50.3 Å². The van der Waals surface area contributed by atoms with Crippen LogP contribution in [-0.4, -0.2) is 69.2 Å². The number of hydrogen-bond acceptors (Lipinski definition) is 5. The number of guanidine groups is 1. The summed E-state index contributed by atoms with van der Waals surface area (Å²) >= 11 is 0. The van der Waals surface area contributed by atoms with Gasteiger partial charge in [-0.15, -0.1) is 0 Å². The number of ether oxygens (including phenoxy) is 2. The summed E-state index contributed by atoms with van der Waals surface area (Å²) in [6.07, 6.45) is 3.08. The predicted octanol–water partition coefficient (Wildman–Crippen LogP) is 1.28. The molecule has 3 N–H and O–H groups in total. The number of likely N-dealkylation sites (tertiary alicyclic amines) is 1. The van der Waals surface area contributed by atoms with E-state index >= 15 is 0 Å². The van der Waals surface area contributed by atoms with Gasteiger partial charge < -0.3 is 25.4 Å². The summed E-state index contributed by atoms with van der Waals surface area (Å²) in [5.74, 6) is 2.67. The van der Waals surface area contributed by atoms with Crippen molar-refractivity contribution < 1.29 is 14.3 Å². The fourth-order valence-corrected chi connectivity index (χ4v) is 3.99. The molecule has 1 saturated heterocycles. The molecular weight excluding hydrogens is 382 g/mol. The van der Waals surface area contributed by atoms with E-state index in [0.717, 1.165) is 61.9 Å². The summed E-state index contributed by atoms with van der Waals surface area (Å²) in [4.78, 5) is 18.6. The quantitative estimate of drug-likeness (QED) is 0.458. The maximum absolute atomic E-state index is 11.6. The second-order valence-electron chi connectivity index (χ2n) is 7.97. The van der Waals surface area contributed by atoms with E-state index in [1.165, 1.54) is 5.56 Å². The Balaban J connectivity index is 1.60. The predicted molar refractivity (Wildman–Crippen MR) is 118 cm³/mol. The molecule has 0 spiro atoms. The number of piperidine rings is 1. The summed E-state index contributed by atoms with van der Waals surface area (Å²) in [6.45, 7) is 7.72. The number of benzene rings is 1. The molecule has 1 amide bonds. The van der Waals surface area contributed by atoms with Gasteiger partial charge >= 0.3 is 0 Å². The van der Waals surface area contributed by atoms with E-state index in [1.807, 2.05) is 0 Å². The lowest BCUT2D eigenvalue weighted by molar-refractivity contribution is -0.122. The van der Waals surface area contributed by atoms with Crippen LogP contribution in [0.3, 0.4) is 0 Å². The van der Waals surface area contributed by atoms with Crippen LogP contribution in [-0.2, 0) is 17.8 Å². The molecule has 1 atom stereocenters. The van der Waals surface area contributed by atoms with Crippen molar-refractivity contribution in [3.05, 3.63) is 23.3 Å². The van der Waals surface area contributed by atoms with Gasteiger partial charge in [0.25, 0.3) is 0 Å². The first kappa shape index (κ1) is 22.2. The molecule has 0 radical (unpaired) electrons. The van der Waals surface area contributed by atoms with Crippen molar-refractivity contribution >= 4 is 11.9 Å². The number of aliphatic imine (C=N–C) groups is 1. The standard InChI is InChI=1S/C22H35N5O3/c1-5-24-22(26-18-6-8-27(9-7-18)14-21(28)23-3)25-13-17-12-20-16(10-15(2)30-20)11-19(17)29-4/h11-12,15,18H,5-10,13-14H2,1-4H3,(H,23,28)(H2,24,25,26). The molecule has 1 unspecified atom stereocenters. The van der Waals surface area contributed by atoms with E-state index in [0.29, 0.717) is 19.1 Å².